The highest BCUT2D eigenvalue weighted by Crippen LogP contribution is 2.32. The standard InChI is InChI=1S/C23H35NO8S/c1-16-7-10-19(11-8-16)33(28,29)31-14-17(9-12-20(25)32-22(2,3)4)13-18-15-30-23(5,6)24(18)21(26)27/h7-8,10-11,17-18H,9,12-15H2,1-6H3,(H,26,27)/t17-,18?/m0/s1. The molecule has 1 aliphatic heterocycles. The smallest absolute Gasteiger partial charge is 0.409 e. The van der Waals surface area contributed by atoms with E-state index in [1.165, 1.54) is 17.0 Å². The van der Waals surface area contributed by atoms with E-state index in [1.807, 2.05) is 6.92 Å². The van der Waals surface area contributed by atoms with E-state index in [0.717, 1.165) is 5.56 Å². The number of rotatable bonds is 9. The summed E-state index contributed by atoms with van der Waals surface area (Å²) >= 11 is 0. The number of nitrogens with zero attached hydrogens (tertiary/aromatic N) is 1. The van der Waals surface area contributed by atoms with Gasteiger partial charge in [-0.1, -0.05) is 17.7 Å². The number of hydrogen-bond acceptors (Lipinski definition) is 7. The van der Waals surface area contributed by atoms with E-state index in [0.29, 0.717) is 0 Å². The Hall–Kier alpha value is -2.17. The van der Waals surface area contributed by atoms with Gasteiger partial charge in [-0.05, 0) is 72.4 Å². The largest absolute Gasteiger partial charge is 0.465 e. The first-order valence-corrected chi connectivity index (χ1v) is 12.4. The number of carboxylic acid groups (broad SMARTS) is 1. The third-order valence-corrected chi connectivity index (χ3v) is 6.63. The van der Waals surface area contributed by atoms with E-state index < -0.39 is 45.5 Å². The predicted octanol–water partition coefficient (Wildman–Crippen LogP) is 3.94. The molecule has 1 aliphatic rings. The first kappa shape index (κ1) is 27.1. The summed E-state index contributed by atoms with van der Waals surface area (Å²) < 4.78 is 41.6. The summed E-state index contributed by atoms with van der Waals surface area (Å²) in [5.41, 5.74) is -0.718. The van der Waals surface area contributed by atoms with Crippen molar-refractivity contribution >= 4 is 22.2 Å². The van der Waals surface area contributed by atoms with Crippen LogP contribution in [0.2, 0.25) is 0 Å². The molecule has 1 N–H and O–H groups in total. The zero-order valence-electron chi connectivity index (χ0n) is 20.2. The van der Waals surface area contributed by atoms with Crippen molar-refractivity contribution < 1.29 is 36.8 Å². The lowest BCUT2D eigenvalue weighted by Crippen LogP contribution is -2.47. The van der Waals surface area contributed by atoms with Crippen molar-refractivity contribution in [3.05, 3.63) is 29.8 Å². The second kappa shape index (κ2) is 10.4. The van der Waals surface area contributed by atoms with Gasteiger partial charge in [0.1, 0.15) is 11.3 Å². The van der Waals surface area contributed by atoms with Crippen molar-refractivity contribution in [2.24, 2.45) is 5.92 Å². The maximum atomic E-state index is 12.6. The Labute approximate surface area is 196 Å². The van der Waals surface area contributed by atoms with E-state index >= 15 is 0 Å². The predicted molar refractivity (Wildman–Crippen MR) is 121 cm³/mol. The molecular formula is C23H35NO8S. The zero-order valence-corrected chi connectivity index (χ0v) is 21.0. The van der Waals surface area contributed by atoms with E-state index in [2.05, 4.69) is 0 Å². The summed E-state index contributed by atoms with van der Waals surface area (Å²) in [5.74, 6) is -0.825. The molecule has 0 aliphatic carbocycles. The number of carbonyl (C=O) groups is 2. The molecule has 1 saturated heterocycles. The van der Waals surface area contributed by atoms with Gasteiger partial charge < -0.3 is 14.6 Å². The quantitative estimate of drug-likeness (QED) is 0.413. The van der Waals surface area contributed by atoms with E-state index in [-0.39, 0.29) is 37.4 Å². The molecule has 9 nitrogen and oxygen atoms in total. The third kappa shape index (κ3) is 7.97. The van der Waals surface area contributed by atoms with Crippen LogP contribution >= 0.6 is 0 Å². The lowest BCUT2D eigenvalue weighted by atomic mass is 9.95. The van der Waals surface area contributed by atoms with Gasteiger partial charge in [0.05, 0.1) is 24.2 Å². The molecule has 0 bridgehead atoms. The summed E-state index contributed by atoms with van der Waals surface area (Å²) in [4.78, 5) is 25.3. The second-order valence-electron chi connectivity index (χ2n) is 9.84. The number of amides is 1. The molecule has 1 aromatic rings. The van der Waals surface area contributed by atoms with Crippen molar-refractivity contribution in [1.29, 1.82) is 0 Å². The lowest BCUT2D eigenvalue weighted by Gasteiger charge is -2.32. The van der Waals surface area contributed by atoms with Crippen molar-refractivity contribution in [1.82, 2.24) is 4.90 Å². The minimum absolute atomic E-state index is 0.0384. The molecule has 0 saturated carbocycles. The van der Waals surface area contributed by atoms with E-state index in [9.17, 15) is 23.1 Å². The Morgan fingerprint density at radius 3 is 2.39 bits per heavy atom. The molecule has 2 rings (SSSR count). The monoisotopic (exact) mass is 485 g/mol. The fourth-order valence-corrected chi connectivity index (χ4v) is 4.75. The van der Waals surface area contributed by atoms with Gasteiger partial charge in [0.2, 0.25) is 0 Å². The average Bonchev–Trinajstić information content (AvgIpc) is 2.97. The maximum absolute atomic E-state index is 12.6. The van der Waals surface area contributed by atoms with Crippen LogP contribution in [0.25, 0.3) is 0 Å². The van der Waals surface area contributed by atoms with Crippen LogP contribution in [0.3, 0.4) is 0 Å². The third-order valence-electron chi connectivity index (χ3n) is 5.33. The Bertz CT molecular complexity index is 934. The highest BCUT2D eigenvalue weighted by molar-refractivity contribution is 7.86. The van der Waals surface area contributed by atoms with Gasteiger partial charge in [0, 0.05) is 6.42 Å². The topological polar surface area (TPSA) is 119 Å². The molecule has 186 valence electrons. The Kier molecular flexibility index (Phi) is 8.53. The minimum atomic E-state index is -4.00. The molecule has 10 heteroatoms. The summed E-state index contributed by atoms with van der Waals surface area (Å²) in [6, 6.07) is 5.81. The van der Waals surface area contributed by atoms with Crippen LogP contribution in [0.4, 0.5) is 4.79 Å². The van der Waals surface area contributed by atoms with Gasteiger partial charge >= 0.3 is 12.1 Å². The van der Waals surface area contributed by atoms with Crippen molar-refractivity contribution in [3.8, 4) is 0 Å². The lowest BCUT2D eigenvalue weighted by molar-refractivity contribution is -0.155. The van der Waals surface area contributed by atoms with Crippen LogP contribution in [-0.2, 0) is 28.6 Å². The van der Waals surface area contributed by atoms with Crippen LogP contribution in [-0.4, -0.2) is 61.1 Å². The van der Waals surface area contributed by atoms with Gasteiger partial charge in [-0.3, -0.25) is 13.9 Å². The highest BCUT2D eigenvalue weighted by atomic mass is 32.2. The fourth-order valence-electron chi connectivity index (χ4n) is 3.77. The molecule has 0 aromatic heterocycles. The number of hydrogen-bond donors (Lipinski definition) is 1. The summed E-state index contributed by atoms with van der Waals surface area (Å²) in [7, 11) is -4.00. The zero-order chi connectivity index (χ0) is 25.0. The van der Waals surface area contributed by atoms with Crippen molar-refractivity contribution in [2.45, 2.75) is 83.1 Å². The molecule has 1 fully saturated rings. The number of benzene rings is 1. The van der Waals surface area contributed by atoms with Crippen molar-refractivity contribution in [3.63, 3.8) is 0 Å². The SMILES string of the molecule is Cc1ccc(S(=O)(=O)OC[C@@H](CCC(=O)OC(C)(C)C)CC2COC(C)(C)N2C(=O)O)cc1. The molecular weight excluding hydrogens is 450 g/mol. The van der Waals surface area contributed by atoms with Crippen LogP contribution < -0.4 is 0 Å². The van der Waals surface area contributed by atoms with Gasteiger partial charge in [0.15, 0.2) is 0 Å². The molecule has 1 aromatic carbocycles. The number of aryl methyl sites for hydroxylation is 1. The minimum Gasteiger partial charge on any atom is -0.465 e. The normalized spacial score (nSPS) is 19.3. The van der Waals surface area contributed by atoms with Crippen LogP contribution in [0.1, 0.15) is 59.4 Å². The molecule has 0 spiro atoms. The fraction of sp³-hybridized carbons (Fsp3) is 0.652. The van der Waals surface area contributed by atoms with Gasteiger partial charge in [0.25, 0.3) is 10.1 Å². The summed E-state index contributed by atoms with van der Waals surface area (Å²) in [6.45, 7) is 10.5. The van der Waals surface area contributed by atoms with Crippen molar-refractivity contribution in [2.75, 3.05) is 13.2 Å². The molecule has 1 unspecified atom stereocenters. The number of esters is 1. The second-order valence-corrected chi connectivity index (χ2v) is 11.5. The first-order valence-electron chi connectivity index (χ1n) is 10.9. The van der Waals surface area contributed by atoms with E-state index in [4.69, 9.17) is 13.7 Å². The maximum Gasteiger partial charge on any atom is 0.409 e. The van der Waals surface area contributed by atoms with E-state index in [1.54, 1.807) is 46.8 Å². The average molecular weight is 486 g/mol. The van der Waals surface area contributed by atoms with Crippen LogP contribution in [0.15, 0.2) is 29.2 Å². The molecule has 1 heterocycles. The molecule has 0 radical (unpaired) electrons. The summed E-state index contributed by atoms with van der Waals surface area (Å²) in [5, 5.41) is 9.65. The highest BCUT2D eigenvalue weighted by Gasteiger charge is 2.44. The summed E-state index contributed by atoms with van der Waals surface area (Å²) in [6.07, 6.45) is -0.508. The molecule has 1 amide bonds. The Morgan fingerprint density at radius 1 is 1.24 bits per heavy atom. The van der Waals surface area contributed by atoms with Gasteiger partial charge in [-0.2, -0.15) is 8.42 Å². The Morgan fingerprint density at radius 2 is 1.85 bits per heavy atom. The van der Waals surface area contributed by atoms with Gasteiger partial charge in [-0.25, -0.2) is 4.79 Å². The Balaban J connectivity index is 2.13. The first-order chi connectivity index (χ1) is 15.1. The van der Waals surface area contributed by atoms with Crippen LogP contribution in [0, 0.1) is 12.8 Å². The number of ether oxygens (including phenoxy) is 2. The number of carbonyl (C=O) groups excluding carboxylic acids is 1. The molecule has 33 heavy (non-hydrogen) atoms. The van der Waals surface area contributed by atoms with Gasteiger partial charge in [-0.15, -0.1) is 0 Å². The molecule has 2 atom stereocenters. The van der Waals surface area contributed by atoms with Crippen LogP contribution in [0.5, 0.6) is 0 Å².